The number of ether oxygens (including phenoxy) is 2. The molecule has 0 atom stereocenters. The Kier molecular flexibility index (Phi) is 9.83. The molecule has 8 nitrogen and oxygen atoms in total. The summed E-state index contributed by atoms with van der Waals surface area (Å²) in [7, 11) is 0. The van der Waals surface area contributed by atoms with Crippen molar-refractivity contribution in [3.05, 3.63) is 29.8 Å². The number of carbonyl (C=O) groups excluding carboxylic acids is 4. The third kappa shape index (κ3) is 8.63. The number of nitrogens with one attached hydrogen (secondary N) is 2. The summed E-state index contributed by atoms with van der Waals surface area (Å²) in [5, 5.41) is 4.89. The summed E-state index contributed by atoms with van der Waals surface area (Å²) in [6.07, 6.45) is 5.81. The molecule has 1 aliphatic rings. The van der Waals surface area contributed by atoms with Crippen molar-refractivity contribution in [2.75, 3.05) is 13.2 Å². The molecule has 164 valence electrons. The summed E-state index contributed by atoms with van der Waals surface area (Å²) in [6, 6.07) is 6.22. The first-order chi connectivity index (χ1) is 14.5. The van der Waals surface area contributed by atoms with E-state index in [0.29, 0.717) is 17.9 Å². The maximum Gasteiger partial charge on any atom is 0.321 e. The van der Waals surface area contributed by atoms with E-state index >= 15 is 0 Å². The number of ketones is 1. The van der Waals surface area contributed by atoms with Crippen LogP contribution in [0.25, 0.3) is 0 Å². The molecule has 30 heavy (non-hydrogen) atoms. The fourth-order valence-electron chi connectivity index (χ4n) is 3.17. The lowest BCUT2D eigenvalue weighted by atomic mass is 9.96. The molecule has 1 aromatic rings. The van der Waals surface area contributed by atoms with Crippen molar-refractivity contribution < 1.29 is 28.7 Å². The molecule has 0 radical (unpaired) electrons. The van der Waals surface area contributed by atoms with Crippen LogP contribution in [0.2, 0.25) is 0 Å². The average Bonchev–Trinajstić information content (AvgIpc) is 2.75. The van der Waals surface area contributed by atoms with E-state index in [2.05, 4.69) is 10.6 Å². The fourth-order valence-corrected chi connectivity index (χ4v) is 3.17. The van der Waals surface area contributed by atoms with Gasteiger partial charge in [-0.3, -0.25) is 19.7 Å². The molecule has 0 saturated heterocycles. The summed E-state index contributed by atoms with van der Waals surface area (Å²) in [4.78, 5) is 47.5. The molecule has 0 aromatic heterocycles. The van der Waals surface area contributed by atoms with Gasteiger partial charge in [0, 0.05) is 18.0 Å². The van der Waals surface area contributed by atoms with Gasteiger partial charge in [0.1, 0.15) is 5.75 Å². The van der Waals surface area contributed by atoms with E-state index in [1.54, 1.807) is 24.3 Å². The zero-order chi connectivity index (χ0) is 21.8. The highest BCUT2D eigenvalue weighted by Crippen LogP contribution is 2.17. The SMILES string of the molecule is CCCOc1ccc(C(=O)CCC(=O)OCC(=O)NC(=O)NC2CCCCC2)cc1. The minimum atomic E-state index is -0.703. The molecule has 0 heterocycles. The van der Waals surface area contributed by atoms with Gasteiger partial charge in [-0.2, -0.15) is 0 Å². The number of Topliss-reactive ketones (excluding diaryl/α,β-unsaturated/α-hetero) is 1. The summed E-state index contributed by atoms with van der Waals surface area (Å²) >= 11 is 0. The van der Waals surface area contributed by atoms with E-state index in [-0.39, 0.29) is 24.7 Å². The van der Waals surface area contributed by atoms with E-state index in [9.17, 15) is 19.2 Å². The molecule has 0 bridgehead atoms. The van der Waals surface area contributed by atoms with Crippen LogP contribution in [0.5, 0.6) is 5.75 Å². The second kappa shape index (κ2) is 12.6. The van der Waals surface area contributed by atoms with E-state index in [1.807, 2.05) is 6.92 Å². The van der Waals surface area contributed by atoms with Gasteiger partial charge in [-0.15, -0.1) is 0 Å². The number of hydrogen-bond donors (Lipinski definition) is 2. The van der Waals surface area contributed by atoms with Crippen molar-refractivity contribution in [1.29, 1.82) is 0 Å². The number of urea groups is 1. The van der Waals surface area contributed by atoms with Gasteiger partial charge in [0.15, 0.2) is 12.4 Å². The Morgan fingerprint density at radius 1 is 1.00 bits per heavy atom. The molecule has 1 aromatic carbocycles. The highest BCUT2D eigenvalue weighted by molar-refractivity contribution is 5.98. The van der Waals surface area contributed by atoms with E-state index in [1.165, 1.54) is 0 Å². The predicted octanol–water partition coefficient (Wildman–Crippen LogP) is 3.14. The Labute approximate surface area is 176 Å². The van der Waals surface area contributed by atoms with Crippen molar-refractivity contribution in [3.63, 3.8) is 0 Å². The minimum Gasteiger partial charge on any atom is -0.494 e. The number of carbonyl (C=O) groups is 4. The fraction of sp³-hybridized carbons (Fsp3) is 0.545. The smallest absolute Gasteiger partial charge is 0.321 e. The van der Waals surface area contributed by atoms with Crippen LogP contribution in [0.3, 0.4) is 0 Å². The van der Waals surface area contributed by atoms with Gasteiger partial charge >= 0.3 is 12.0 Å². The minimum absolute atomic E-state index is 0.0300. The van der Waals surface area contributed by atoms with E-state index in [4.69, 9.17) is 9.47 Å². The summed E-state index contributed by atoms with van der Waals surface area (Å²) in [5.41, 5.74) is 0.476. The van der Waals surface area contributed by atoms with Crippen molar-refractivity contribution >= 4 is 23.7 Å². The van der Waals surface area contributed by atoms with Gasteiger partial charge in [-0.1, -0.05) is 26.2 Å². The first kappa shape index (κ1) is 23.4. The molecular formula is C22H30N2O6. The zero-order valence-corrected chi connectivity index (χ0v) is 17.4. The highest BCUT2D eigenvalue weighted by Gasteiger charge is 2.18. The monoisotopic (exact) mass is 418 g/mol. The van der Waals surface area contributed by atoms with Crippen LogP contribution in [0.4, 0.5) is 4.79 Å². The summed E-state index contributed by atoms with van der Waals surface area (Å²) in [6.45, 7) is 2.05. The van der Waals surface area contributed by atoms with Gasteiger partial charge in [-0.05, 0) is 43.5 Å². The molecule has 0 unspecified atom stereocenters. The molecule has 1 aliphatic carbocycles. The van der Waals surface area contributed by atoms with Crippen LogP contribution in [0.15, 0.2) is 24.3 Å². The van der Waals surface area contributed by atoms with Crippen LogP contribution in [0.1, 0.15) is 68.6 Å². The Balaban J connectivity index is 1.63. The molecule has 0 spiro atoms. The van der Waals surface area contributed by atoms with Gasteiger partial charge < -0.3 is 14.8 Å². The topological polar surface area (TPSA) is 111 Å². The molecule has 3 amide bonds. The van der Waals surface area contributed by atoms with Crippen molar-refractivity contribution in [2.24, 2.45) is 0 Å². The number of amides is 3. The number of hydrogen-bond acceptors (Lipinski definition) is 6. The first-order valence-corrected chi connectivity index (χ1v) is 10.5. The predicted molar refractivity (Wildman–Crippen MR) is 110 cm³/mol. The van der Waals surface area contributed by atoms with Crippen LogP contribution in [-0.2, 0) is 14.3 Å². The summed E-state index contributed by atoms with van der Waals surface area (Å²) < 4.78 is 10.3. The zero-order valence-electron chi connectivity index (χ0n) is 17.4. The maximum absolute atomic E-state index is 12.2. The number of esters is 1. The lowest BCUT2D eigenvalue weighted by Crippen LogP contribution is -2.46. The Morgan fingerprint density at radius 3 is 2.37 bits per heavy atom. The van der Waals surface area contributed by atoms with Crippen LogP contribution < -0.4 is 15.4 Å². The van der Waals surface area contributed by atoms with Gasteiger partial charge in [0.2, 0.25) is 0 Å². The molecule has 2 N–H and O–H groups in total. The maximum atomic E-state index is 12.2. The lowest BCUT2D eigenvalue weighted by Gasteiger charge is -2.22. The van der Waals surface area contributed by atoms with Crippen molar-refractivity contribution in [3.8, 4) is 5.75 Å². The third-order valence-corrected chi connectivity index (χ3v) is 4.76. The molecule has 0 aliphatic heterocycles. The normalized spacial score (nSPS) is 13.9. The number of imide groups is 1. The number of rotatable bonds is 10. The average molecular weight is 418 g/mol. The van der Waals surface area contributed by atoms with Gasteiger partial charge in [-0.25, -0.2) is 4.79 Å². The first-order valence-electron chi connectivity index (χ1n) is 10.5. The molecule has 2 rings (SSSR count). The summed E-state index contributed by atoms with van der Waals surface area (Å²) in [5.74, 6) is -0.892. The quantitative estimate of drug-likeness (QED) is 0.446. The van der Waals surface area contributed by atoms with Crippen molar-refractivity contribution in [1.82, 2.24) is 10.6 Å². The standard InChI is InChI=1S/C22H30N2O6/c1-2-14-29-18-10-8-16(9-11-18)19(25)12-13-21(27)30-15-20(26)24-22(28)23-17-6-4-3-5-7-17/h8-11,17H,2-7,12-15H2,1H3,(H2,23,24,26,28). The Bertz CT molecular complexity index is 726. The second-order valence-electron chi connectivity index (χ2n) is 7.31. The van der Waals surface area contributed by atoms with Crippen LogP contribution >= 0.6 is 0 Å². The third-order valence-electron chi connectivity index (χ3n) is 4.76. The van der Waals surface area contributed by atoms with Gasteiger partial charge in [0.25, 0.3) is 5.91 Å². The molecule has 1 saturated carbocycles. The number of benzene rings is 1. The van der Waals surface area contributed by atoms with Crippen molar-refractivity contribution in [2.45, 2.75) is 64.3 Å². The molecule has 1 fully saturated rings. The largest absolute Gasteiger partial charge is 0.494 e. The molecular weight excluding hydrogens is 388 g/mol. The Morgan fingerprint density at radius 2 is 1.70 bits per heavy atom. The molecule has 8 heteroatoms. The Hall–Kier alpha value is -2.90. The van der Waals surface area contributed by atoms with E-state index in [0.717, 1.165) is 38.5 Å². The van der Waals surface area contributed by atoms with Crippen LogP contribution in [0, 0.1) is 0 Å². The van der Waals surface area contributed by atoms with E-state index < -0.39 is 24.5 Å². The second-order valence-corrected chi connectivity index (χ2v) is 7.31. The van der Waals surface area contributed by atoms with Crippen LogP contribution in [-0.4, -0.2) is 42.9 Å². The van der Waals surface area contributed by atoms with Gasteiger partial charge in [0.05, 0.1) is 13.0 Å². The highest BCUT2D eigenvalue weighted by atomic mass is 16.5. The lowest BCUT2D eigenvalue weighted by molar-refractivity contribution is -0.148.